The van der Waals surface area contributed by atoms with Crippen molar-refractivity contribution in [2.75, 3.05) is 0 Å². The number of benzene rings is 2. The lowest BCUT2D eigenvalue weighted by Gasteiger charge is -2.27. The number of hydrogen-bond donors (Lipinski definition) is 3. The Morgan fingerprint density at radius 2 is 1.17 bits per heavy atom. The van der Waals surface area contributed by atoms with Crippen molar-refractivity contribution in [2.45, 2.75) is 46.3 Å². The van der Waals surface area contributed by atoms with Gasteiger partial charge in [0, 0.05) is 0 Å². The molecule has 0 spiro atoms. The summed E-state index contributed by atoms with van der Waals surface area (Å²) in [4.78, 5) is 10.6. The van der Waals surface area contributed by atoms with Crippen LogP contribution in [-0.2, 0) is 4.57 Å². The fraction of sp³-hybridized carbons (Fsp3) is 0.368. The molecule has 4 nitrogen and oxygen atoms in total. The van der Waals surface area contributed by atoms with Gasteiger partial charge in [-0.15, -0.1) is 0 Å². The number of aliphatic hydroxyl groups is 2. The Labute approximate surface area is 143 Å². The first-order valence-electron chi connectivity index (χ1n) is 7.89. The predicted octanol–water partition coefficient (Wildman–Crippen LogP) is 4.18. The molecule has 0 saturated carbocycles. The zero-order valence-corrected chi connectivity index (χ0v) is 15.6. The van der Waals surface area contributed by atoms with Crippen LogP contribution >= 0.6 is 7.37 Å². The average Bonchev–Trinajstić information content (AvgIpc) is 2.45. The second kappa shape index (κ2) is 6.81. The summed E-state index contributed by atoms with van der Waals surface area (Å²) in [6.45, 7) is 9.08. The number of rotatable bonds is 4. The molecular weight excluding hydrogens is 323 g/mol. The van der Waals surface area contributed by atoms with E-state index in [4.69, 9.17) is 0 Å². The van der Waals surface area contributed by atoms with E-state index in [1.807, 2.05) is 25.1 Å². The van der Waals surface area contributed by atoms with E-state index in [-0.39, 0.29) is 0 Å². The van der Waals surface area contributed by atoms with E-state index in [2.05, 4.69) is 0 Å². The van der Waals surface area contributed by atoms with E-state index in [9.17, 15) is 19.7 Å². The molecule has 0 saturated heterocycles. The SMILES string of the molecule is Cc1cc(C)c(C(O)P(=O)(O)C(O)c2c(C)cccc2C)c(C)c1. The van der Waals surface area contributed by atoms with Crippen LogP contribution in [0, 0.1) is 34.6 Å². The molecule has 24 heavy (non-hydrogen) atoms. The third kappa shape index (κ3) is 3.33. The molecule has 0 aliphatic heterocycles. The maximum Gasteiger partial charge on any atom is 0.264 e. The van der Waals surface area contributed by atoms with Crippen molar-refractivity contribution in [3.63, 3.8) is 0 Å². The lowest BCUT2D eigenvalue weighted by Crippen LogP contribution is -2.12. The van der Waals surface area contributed by atoms with E-state index >= 15 is 0 Å². The number of aryl methyl sites for hydroxylation is 5. The molecule has 0 bridgehead atoms. The summed E-state index contributed by atoms with van der Waals surface area (Å²) >= 11 is 0. The molecule has 5 heteroatoms. The molecule has 130 valence electrons. The minimum absolute atomic E-state index is 0.407. The van der Waals surface area contributed by atoms with Gasteiger partial charge in [-0.3, -0.25) is 4.57 Å². The summed E-state index contributed by atoms with van der Waals surface area (Å²) in [6, 6.07) is 9.10. The van der Waals surface area contributed by atoms with Crippen molar-refractivity contribution in [1.82, 2.24) is 0 Å². The summed E-state index contributed by atoms with van der Waals surface area (Å²) in [5.74, 6) is -3.26. The lowest BCUT2D eigenvalue weighted by molar-refractivity contribution is 0.185. The van der Waals surface area contributed by atoms with Crippen LogP contribution in [0.25, 0.3) is 0 Å². The minimum atomic E-state index is -4.33. The van der Waals surface area contributed by atoms with Crippen molar-refractivity contribution in [3.8, 4) is 0 Å². The fourth-order valence-corrected chi connectivity index (χ4v) is 5.16. The van der Waals surface area contributed by atoms with Gasteiger partial charge in [-0.05, 0) is 68.0 Å². The van der Waals surface area contributed by atoms with Crippen LogP contribution in [0.1, 0.15) is 50.6 Å². The predicted molar refractivity (Wildman–Crippen MR) is 96.3 cm³/mol. The Kier molecular flexibility index (Phi) is 5.36. The molecular formula is C19H25O4P. The monoisotopic (exact) mass is 348 g/mol. The molecule has 2 rings (SSSR count). The molecule has 0 aliphatic carbocycles. The molecule has 0 fully saturated rings. The van der Waals surface area contributed by atoms with Crippen LogP contribution in [0.3, 0.4) is 0 Å². The largest absolute Gasteiger partial charge is 0.378 e. The quantitative estimate of drug-likeness (QED) is 0.724. The van der Waals surface area contributed by atoms with Crippen molar-refractivity contribution in [2.24, 2.45) is 0 Å². The van der Waals surface area contributed by atoms with Crippen LogP contribution in [0.4, 0.5) is 0 Å². The van der Waals surface area contributed by atoms with Gasteiger partial charge < -0.3 is 15.1 Å². The van der Waals surface area contributed by atoms with Crippen molar-refractivity contribution >= 4 is 7.37 Å². The second-order valence-electron chi connectivity index (χ2n) is 6.54. The van der Waals surface area contributed by atoms with E-state index < -0.39 is 19.1 Å². The first-order valence-corrected chi connectivity index (χ1v) is 9.69. The Bertz CT molecular complexity index is 770. The summed E-state index contributed by atoms with van der Waals surface area (Å²) in [7, 11) is -4.33. The van der Waals surface area contributed by atoms with Gasteiger partial charge in [-0.25, -0.2) is 0 Å². The summed E-state index contributed by atoms with van der Waals surface area (Å²) < 4.78 is 13.0. The van der Waals surface area contributed by atoms with Gasteiger partial charge >= 0.3 is 0 Å². The standard InChI is InChI=1S/C19H25O4P/c1-11-9-14(4)17(15(5)10-11)19(21)24(22,23)18(20)16-12(2)7-6-8-13(16)3/h6-10,18-21H,1-5H3,(H,22,23). The van der Waals surface area contributed by atoms with Gasteiger partial charge in [0.15, 0.2) is 11.7 Å². The van der Waals surface area contributed by atoms with Gasteiger partial charge in [0.2, 0.25) is 0 Å². The molecule has 3 atom stereocenters. The van der Waals surface area contributed by atoms with Gasteiger partial charge in [0.05, 0.1) is 0 Å². The van der Waals surface area contributed by atoms with Crippen molar-refractivity contribution < 1.29 is 19.7 Å². The van der Waals surface area contributed by atoms with Gasteiger partial charge in [-0.1, -0.05) is 35.9 Å². The van der Waals surface area contributed by atoms with Gasteiger partial charge in [0.1, 0.15) is 0 Å². The molecule has 0 radical (unpaired) electrons. The van der Waals surface area contributed by atoms with Crippen LogP contribution in [-0.4, -0.2) is 15.1 Å². The van der Waals surface area contributed by atoms with Crippen LogP contribution in [0.5, 0.6) is 0 Å². The Balaban J connectivity index is 2.52. The third-order valence-corrected chi connectivity index (χ3v) is 6.42. The molecule has 0 amide bonds. The molecule has 0 aromatic heterocycles. The summed E-state index contributed by atoms with van der Waals surface area (Å²) in [5.41, 5.74) is 4.76. The van der Waals surface area contributed by atoms with E-state index in [1.54, 1.807) is 39.8 Å². The molecule has 2 aromatic rings. The number of aliphatic hydroxyl groups excluding tert-OH is 2. The zero-order valence-electron chi connectivity index (χ0n) is 14.7. The van der Waals surface area contributed by atoms with Crippen molar-refractivity contribution in [1.29, 1.82) is 0 Å². The van der Waals surface area contributed by atoms with Crippen LogP contribution in [0.15, 0.2) is 30.3 Å². The minimum Gasteiger partial charge on any atom is -0.378 e. The number of hydrogen-bond acceptors (Lipinski definition) is 3. The topological polar surface area (TPSA) is 77.8 Å². The van der Waals surface area contributed by atoms with Gasteiger partial charge in [0.25, 0.3) is 7.37 Å². The lowest BCUT2D eigenvalue weighted by atomic mass is 10.0. The van der Waals surface area contributed by atoms with Gasteiger partial charge in [-0.2, -0.15) is 0 Å². The maximum atomic E-state index is 13.0. The highest BCUT2D eigenvalue weighted by molar-refractivity contribution is 7.58. The van der Waals surface area contributed by atoms with Crippen LogP contribution in [0.2, 0.25) is 0 Å². The zero-order chi connectivity index (χ0) is 18.2. The molecule has 3 N–H and O–H groups in total. The Morgan fingerprint density at radius 3 is 1.58 bits per heavy atom. The molecule has 0 aliphatic rings. The molecule has 0 heterocycles. The van der Waals surface area contributed by atoms with E-state index in [1.165, 1.54) is 0 Å². The van der Waals surface area contributed by atoms with Crippen LogP contribution < -0.4 is 0 Å². The maximum absolute atomic E-state index is 13.0. The molecule has 3 unspecified atom stereocenters. The third-order valence-electron chi connectivity index (χ3n) is 4.50. The summed E-state index contributed by atoms with van der Waals surface area (Å²) in [6.07, 6.45) is 0. The smallest absolute Gasteiger partial charge is 0.264 e. The second-order valence-corrected chi connectivity index (χ2v) is 8.86. The first-order chi connectivity index (χ1) is 11.1. The summed E-state index contributed by atoms with van der Waals surface area (Å²) in [5, 5.41) is 21.2. The van der Waals surface area contributed by atoms with E-state index in [0.717, 1.165) is 27.8 Å². The highest BCUT2D eigenvalue weighted by Crippen LogP contribution is 2.64. The highest BCUT2D eigenvalue weighted by atomic mass is 31.2. The Morgan fingerprint density at radius 1 is 0.792 bits per heavy atom. The Hall–Kier alpha value is -1.45. The van der Waals surface area contributed by atoms with Crippen molar-refractivity contribution in [3.05, 3.63) is 69.3 Å². The first kappa shape index (κ1) is 18.9. The average molecular weight is 348 g/mol. The van der Waals surface area contributed by atoms with E-state index in [0.29, 0.717) is 11.1 Å². The molecule has 2 aromatic carbocycles. The highest BCUT2D eigenvalue weighted by Gasteiger charge is 2.41. The normalized spacial score (nSPS) is 16.5. The fourth-order valence-electron chi connectivity index (χ4n) is 3.34.